The van der Waals surface area contributed by atoms with Gasteiger partial charge in [-0.1, -0.05) is 55.5 Å². The van der Waals surface area contributed by atoms with Crippen molar-refractivity contribution in [3.05, 3.63) is 88.2 Å². The molecule has 1 saturated carbocycles. The molecule has 0 radical (unpaired) electrons. The van der Waals surface area contributed by atoms with Crippen molar-refractivity contribution in [1.82, 2.24) is 10.2 Å². The van der Waals surface area contributed by atoms with E-state index in [2.05, 4.69) is 5.32 Å². The second kappa shape index (κ2) is 15.1. The number of carbonyl (C=O) groups is 2. The molecule has 4 rings (SSSR count). The Balaban J connectivity index is 1.72. The molecule has 12 heteroatoms. The number of hydrogen-bond acceptors (Lipinski definition) is 5. The highest BCUT2D eigenvalue weighted by atomic mass is 35.5. The number of nitrogens with one attached hydrogen (secondary N) is 1. The average molecular weight is 665 g/mol. The van der Waals surface area contributed by atoms with Gasteiger partial charge in [0.25, 0.3) is 10.0 Å². The van der Waals surface area contributed by atoms with Crippen LogP contribution in [0, 0.1) is 5.82 Å². The van der Waals surface area contributed by atoms with E-state index in [1.165, 1.54) is 48.4 Å². The second-order valence-corrected chi connectivity index (χ2v) is 13.4. The highest BCUT2D eigenvalue weighted by Crippen LogP contribution is 2.28. The van der Waals surface area contributed by atoms with Crippen LogP contribution in [0.15, 0.2) is 71.6 Å². The maximum Gasteiger partial charge on any atom is 0.264 e. The van der Waals surface area contributed by atoms with Gasteiger partial charge in [0.15, 0.2) is 0 Å². The van der Waals surface area contributed by atoms with Crippen molar-refractivity contribution < 1.29 is 27.1 Å². The largest absolute Gasteiger partial charge is 0.497 e. The molecule has 1 aliphatic carbocycles. The molecular weight excluding hydrogens is 628 g/mol. The van der Waals surface area contributed by atoms with E-state index in [-0.39, 0.29) is 35.5 Å². The van der Waals surface area contributed by atoms with Crippen molar-refractivity contribution in [3.8, 4) is 5.75 Å². The molecule has 0 bridgehead atoms. The van der Waals surface area contributed by atoms with Gasteiger partial charge in [-0.05, 0) is 85.5 Å². The summed E-state index contributed by atoms with van der Waals surface area (Å²) in [7, 11) is -2.86. The van der Waals surface area contributed by atoms with Gasteiger partial charge in [-0.15, -0.1) is 0 Å². The molecule has 2 amide bonds. The molecule has 0 heterocycles. The SMILES string of the molecule is CC[C@H](C(=O)NC1CCCCC1)N(Cc1ccc(Cl)cc1Cl)C(=O)CN(c1ccc(F)cc1)S(=O)(=O)c1ccc(OC)cc1. The van der Waals surface area contributed by atoms with E-state index >= 15 is 0 Å². The van der Waals surface area contributed by atoms with E-state index in [1.807, 2.05) is 0 Å². The molecule has 8 nitrogen and oxygen atoms in total. The monoisotopic (exact) mass is 663 g/mol. The van der Waals surface area contributed by atoms with Crippen molar-refractivity contribution >= 4 is 50.7 Å². The van der Waals surface area contributed by atoms with Gasteiger partial charge in [-0.25, -0.2) is 12.8 Å². The van der Waals surface area contributed by atoms with E-state index in [9.17, 15) is 22.4 Å². The maximum atomic E-state index is 14.2. The minimum Gasteiger partial charge on any atom is -0.497 e. The first-order chi connectivity index (χ1) is 21.0. The molecule has 0 aliphatic heterocycles. The van der Waals surface area contributed by atoms with Gasteiger partial charge in [0.2, 0.25) is 11.8 Å². The van der Waals surface area contributed by atoms with Crippen molar-refractivity contribution in [2.75, 3.05) is 18.0 Å². The lowest BCUT2D eigenvalue weighted by atomic mass is 9.95. The molecule has 1 N–H and O–H groups in total. The Morgan fingerprint density at radius 1 is 1.00 bits per heavy atom. The third-order valence-electron chi connectivity index (χ3n) is 7.73. The summed E-state index contributed by atoms with van der Waals surface area (Å²) in [5.41, 5.74) is 0.624. The molecule has 0 unspecified atom stereocenters. The van der Waals surface area contributed by atoms with E-state index in [0.717, 1.165) is 48.5 Å². The van der Waals surface area contributed by atoms with Crippen LogP contribution in [-0.2, 0) is 26.2 Å². The zero-order valence-electron chi connectivity index (χ0n) is 24.6. The predicted octanol–water partition coefficient (Wildman–Crippen LogP) is 6.59. The Morgan fingerprint density at radius 2 is 1.66 bits per heavy atom. The fourth-order valence-electron chi connectivity index (χ4n) is 5.31. The average Bonchev–Trinajstić information content (AvgIpc) is 3.01. The third-order valence-corrected chi connectivity index (χ3v) is 10.1. The smallest absolute Gasteiger partial charge is 0.264 e. The van der Waals surface area contributed by atoms with Crippen LogP contribution in [0.25, 0.3) is 0 Å². The standard InChI is InChI=1S/C32H36Cl2FN3O5S/c1-3-30(32(40)36-25-7-5-4-6-8-25)37(20-22-9-10-23(33)19-29(22)34)31(39)21-38(26-13-11-24(35)12-14-26)44(41,42)28-17-15-27(43-2)16-18-28/h9-19,25,30H,3-8,20-21H2,1-2H3,(H,36,40)/t30-/m1/s1. The molecule has 3 aromatic rings. The van der Waals surface area contributed by atoms with Crippen molar-refractivity contribution in [2.24, 2.45) is 0 Å². The summed E-state index contributed by atoms with van der Waals surface area (Å²) in [6.45, 7) is 1.07. The highest BCUT2D eigenvalue weighted by Gasteiger charge is 2.34. The summed E-state index contributed by atoms with van der Waals surface area (Å²) in [5, 5.41) is 3.81. The summed E-state index contributed by atoms with van der Waals surface area (Å²) in [4.78, 5) is 29.1. The summed E-state index contributed by atoms with van der Waals surface area (Å²) in [5.74, 6) is -1.06. The zero-order valence-corrected chi connectivity index (χ0v) is 27.0. The van der Waals surface area contributed by atoms with Gasteiger partial charge in [0.05, 0.1) is 17.7 Å². The van der Waals surface area contributed by atoms with Gasteiger partial charge in [0.1, 0.15) is 24.2 Å². The van der Waals surface area contributed by atoms with Crippen molar-refractivity contribution in [1.29, 1.82) is 0 Å². The summed E-state index contributed by atoms with van der Waals surface area (Å²) in [6, 6.07) is 14.5. The fourth-order valence-corrected chi connectivity index (χ4v) is 7.19. The van der Waals surface area contributed by atoms with Gasteiger partial charge >= 0.3 is 0 Å². The number of amides is 2. The first-order valence-corrected chi connectivity index (χ1v) is 16.7. The highest BCUT2D eigenvalue weighted by molar-refractivity contribution is 7.92. The van der Waals surface area contributed by atoms with Crippen molar-refractivity contribution in [3.63, 3.8) is 0 Å². The van der Waals surface area contributed by atoms with Crippen LogP contribution in [-0.4, -0.2) is 50.9 Å². The van der Waals surface area contributed by atoms with Crippen LogP contribution in [0.1, 0.15) is 51.0 Å². The molecule has 0 spiro atoms. The number of carbonyl (C=O) groups excluding carboxylic acids is 2. The second-order valence-electron chi connectivity index (χ2n) is 10.7. The van der Waals surface area contributed by atoms with Crippen molar-refractivity contribution in [2.45, 2.75) is 69.0 Å². The van der Waals surface area contributed by atoms with Crippen LogP contribution >= 0.6 is 23.2 Å². The summed E-state index contributed by atoms with van der Waals surface area (Å²) in [6.07, 6.45) is 5.14. The number of benzene rings is 3. The van der Waals surface area contributed by atoms with Crippen LogP contribution in [0.5, 0.6) is 5.75 Å². The molecular formula is C32H36Cl2FN3O5S. The molecule has 1 fully saturated rings. The number of hydrogen-bond donors (Lipinski definition) is 1. The Labute approximate surface area is 268 Å². The molecule has 236 valence electrons. The zero-order chi connectivity index (χ0) is 31.9. The first-order valence-electron chi connectivity index (χ1n) is 14.5. The normalized spacial score (nSPS) is 14.5. The Morgan fingerprint density at radius 3 is 2.25 bits per heavy atom. The van der Waals surface area contributed by atoms with E-state index in [1.54, 1.807) is 25.1 Å². The summed E-state index contributed by atoms with van der Waals surface area (Å²) < 4.78 is 47.9. The number of halogens is 3. The minimum atomic E-state index is -4.32. The van der Waals surface area contributed by atoms with Gasteiger partial charge < -0.3 is 15.0 Å². The molecule has 44 heavy (non-hydrogen) atoms. The number of anilines is 1. The molecule has 3 aromatic carbocycles. The Bertz CT molecular complexity index is 1550. The van der Waals surface area contributed by atoms with Gasteiger partial charge in [-0.2, -0.15) is 0 Å². The Kier molecular flexibility index (Phi) is 11.5. The lowest BCUT2D eigenvalue weighted by Crippen LogP contribution is -2.54. The van der Waals surface area contributed by atoms with E-state index < -0.39 is 34.3 Å². The quantitative estimate of drug-likeness (QED) is 0.236. The predicted molar refractivity (Wildman–Crippen MR) is 170 cm³/mol. The van der Waals surface area contributed by atoms with E-state index in [0.29, 0.717) is 21.4 Å². The fraction of sp³-hybridized carbons (Fsp3) is 0.375. The van der Waals surface area contributed by atoms with Gasteiger partial charge in [0, 0.05) is 22.6 Å². The molecule has 0 saturated heterocycles. The third kappa shape index (κ3) is 8.22. The number of sulfonamides is 1. The number of ether oxygens (including phenoxy) is 1. The molecule has 0 aromatic heterocycles. The Hall–Kier alpha value is -3.34. The van der Waals surface area contributed by atoms with Crippen LogP contribution < -0.4 is 14.4 Å². The minimum absolute atomic E-state index is 0.00698. The van der Waals surface area contributed by atoms with Crippen LogP contribution in [0.4, 0.5) is 10.1 Å². The number of rotatable bonds is 12. The topological polar surface area (TPSA) is 96.0 Å². The van der Waals surface area contributed by atoms with Crippen LogP contribution in [0.3, 0.4) is 0 Å². The number of methoxy groups -OCH3 is 1. The molecule has 1 aliphatic rings. The number of nitrogens with zero attached hydrogens (tertiary/aromatic N) is 2. The lowest BCUT2D eigenvalue weighted by Gasteiger charge is -2.34. The maximum absolute atomic E-state index is 14.2. The summed E-state index contributed by atoms with van der Waals surface area (Å²) >= 11 is 12.6. The molecule has 1 atom stereocenters. The lowest BCUT2D eigenvalue weighted by molar-refractivity contribution is -0.140. The van der Waals surface area contributed by atoms with Crippen LogP contribution in [0.2, 0.25) is 10.0 Å². The van der Waals surface area contributed by atoms with Gasteiger partial charge in [-0.3, -0.25) is 13.9 Å². The first kappa shape index (κ1) is 33.6. The van der Waals surface area contributed by atoms with E-state index in [4.69, 9.17) is 27.9 Å².